The molecule has 0 aliphatic heterocycles. The Bertz CT molecular complexity index is 585. The molecule has 1 atom stereocenters. The first-order valence-corrected chi connectivity index (χ1v) is 7.36. The Balaban J connectivity index is 1.79. The van der Waals surface area contributed by atoms with E-state index in [-0.39, 0.29) is 18.4 Å². The Morgan fingerprint density at radius 3 is 2.77 bits per heavy atom. The van der Waals surface area contributed by atoms with Crippen LogP contribution in [0.5, 0.6) is 0 Å². The number of carbonyl (C=O) groups excluding carboxylic acids is 1. The fraction of sp³-hybridized carbons (Fsp3) is 0.353. The molecule has 0 saturated carbocycles. The highest BCUT2D eigenvalue weighted by atomic mass is 16.3. The summed E-state index contributed by atoms with van der Waals surface area (Å²) in [6.45, 7) is 2.36. The molecule has 116 valence electrons. The van der Waals surface area contributed by atoms with Gasteiger partial charge in [0.1, 0.15) is 0 Å². The molecule has 0 fully saturated rings. The number of nitrogens with one attached hydrogen (secondary N) is 1. The minimum Gasteiger partial charge on any atom is -0.396 e. The second kappa shape index (κ2) is 8.24. The van der Waals surface area contributed by atoms with Gasteiger partial charge in [0.05, 0.1) is 6.42 Å². The van der Waals surface area contributed by atoms with Gasteiger partial charge in [-0.2, -0.15) is 0 Å². The summed E-state index contributed by atoms with van der Waals surface area (Å²) in [6.07, 6.45) is 4.39. The van der Waals surface area contributed by atoms with E-state index in [2.05, 4.69) is 15.3 Å². The van der Waals surface area contributed by atoms with Crippen molar-refractivity contribution in [2.75, 3.05) is 13.2 Å². The first-order chi connectivity index (χ1) is 10.7. The number of aromatic nitrogens is 2. The zero-order chi connectivity index (χ0) is 15.8. The van der Waals surface area contributed by atoms with Gasteiger partial charge in [-0.25, -0.2) is 0 Å². The lowest BCUT2D eigenvalue weighted by atomic mass is 10.0. The van der Waals surface area contributed by atoms with E-state index in [1.54, 1.807) is 12.4 Å². The third kappa shape index (κ3) is 5.26. The summed E-state index contributed by atoms with van der Waals surface area (Å²) in [7, 11) is 0. The maximum atomic E-state index is 11.9. The number of hydrogen-bond acceptors (Lipinski definition) is 4. The third-order valence-corrected chi connectivity index (χ3v) is 3.41. The van der Waals surface area contributed by atoms with E-state index in [9.17, 15) is 9.90 Å². The second-order valence-electron chi connectivity index (χ2n) is 5.36. The quantitative estimate of drug-likeness (QED) is 0.808. The summed E-state index contributed by atoms with van der Waals surface area (Å²) in [5.74, 6) is -0.0971. The molecule has 0 radical (unpaired) electrons. The largest absolute Gasteiger partial charge is 0.396 e. The van der Waals surface area contributed by atoms with Crippen LogP contribution < -0.4 is 5.32 Å². The van der Waals surface area contributed by atoms with Crippen LogP contribution in [-0.4, -0.2) is 34.1 Å². The van der Waals surface area contributed by atoms with Crippen molar-refractivity contribution in [2.24, 2.45) is 5.92 Å². The lowest BCUT2D eigenvalue weighted by Crippen LogP contribution is -2.33. The Morgan fingerprint density at radius 1 is 1.27 bits per heavy atom. The van der Waals surface area contributed by atoms with Crippen molar-refractivity contribution < 1.29 is 9.90 Å². The monoisotopic (exact) mass is 299 g/mol. The number of hydrogen-bond donors (Lipinski definition) is 2. The van der Waals surface area contributed by atoms with Crippen LogP contribution >= 0.6 is 0 Å². The molecule has 0 aliphatic rings. The molecule has 0 saturated heterocycles. The Morgan fingerprint density at radius 2 is 2.14 bits per heavy atom. The summed E-state index contributed by atoms with van der Waals surface area (Å²) in [5.41, 5.74) is 2.73. The molecule has 0 spiro atoms. The van der Waals surface area contributed by atoms with E-state index < -0.39 is 0 Å². The number of nitrogens with zero attached hydrogens (tertiary/aromatic N) is 2. The van der Waals surface area contributed by atoms with Gasteiger partial charge in [-0.1, -0.05) is 12.1 Å². The average Bonchev–Trinajstić information content (AvgIpc) is 2.54. The molecule has 1 amide bonds. The first-order valence-electron chi connectivity index (χ1n) is 7.36. The fourth-order valence-electron chi connectivity index (χ4n) is 2.12. The standard InChI is InChI=1S/C17H21N3O2/c1-13-5-6-14(10-19-13)9-17(22)20-11-15(12-21)8-16-4-2-3-7-18-16/h2-7,10,15,21H,8-9,11-12H2,1H3,(H,20,22). The van der Waals surface area contributed by atoms with Gasteiger partial charge in [0, 0.05) is 42.9 Å². The van der Waals surface area contributed by atoms with Gasteiger partial charge in [-0.15, -0.1) is 0 Å². The summed E-state index contributed by atoms with van der Waals surface area (Å²) in [6, 6.07) is 9.48. The van der Waals surface area contributed by atoms with Crippen LogP contribution in [0.1, 0.15) is 17.0 Å². The zero-order valence-corrected chi connectivity index (χ0v) is 12.7. The van der Waals surface area contributed by atoms with Crippen LogP contribution in [0.25, 0.3) is 0 Å². The highest BCUT2D eigenvalue weighted by Crippen LogP contribution is 2.05. The van der Waals surface area contributed by atoms with Crippen LogP contribution in [-0.2, 0) is 17.6 Å². The number of aliphatic hydroxyl groups excluding tert-OH is 1. The van der Waals surface area contributed by atoms with E-state index in [1.807, 2.05) is 37.3 Å². The molecule has 5 nitrogen and oxygen atoms in total. The van der Waals surface area contributed by atoms with E-state index in [0.29, 0.717) is 19.4 Å². The van der Waals surface area contributed by atoms with Crippen LogP contribution in [0.15, 0.2) is 42.7 Å². The van der Waals surface area contributed by atoms with Gasteiger partial charge in [0.2, 0.25) is 5.91 Å². The highest BCUT2D eigenvalue weighted by Gasteiger charge is 2.11. The van der Waals surface area contributed by atoms with Gasteiger partial charge in [-0.05, 0) is 37.1 Å². The molecule has 22 heavy (non-hydrogen) atoms. The van der Waals surface area contributed by atoms with Crippen molar-refractivity contribution >= 4 is 5.91 Å². The average molecular weight is 299 g/mol. The smallest absolute Gasteiger partial charge is 0.224 e. The number of pyridine rings is 2. The van der Waals surface area contributed by atoms with Gasteiger partial charge in [0.15, 0.2) is 0 Å². The third-order valence-electron chi connectivity index (χ3n) is 3.41. The Hall–Kier alpha value is -2.27. The molecule has 0 bridgehead atoms. The van der Waals surface area contributed by atoms with Gasteiger partial charge in [0.25, 0.3) is 0 Å². The Kier molecular flexibility index (Phi) is 6.03. The van der Waals surface area contributed by atoms with Crippen molar-refractivity contribution in [3.8, 4) is 0 Å². The second-order valence-corrected chi connectivity index (χ2v) is 5.36. The molecule has 0 aliphatic carbocycles. The molecule has 2 N–H and O–H groups in total. The van der Waals surface area contributed by atoms with Crippen molar-refractivity contribution in [2.45, 2.75) is 19.8 Å². The van der Waals surface area contributed by atoms with E-state index in [4.69, 9.17) is 0 Å². The van der Waals surface area contributed by atoms with Crippen LogP contribution in [0.4, 0.5) is 0 Å². The molecule has 0 aromatic carbocycles. The number of rotatable bonds is 7. The van der Waals surface area contributed by atoms with Crippen LogP contribution in [0, 0.1) is 12.8 Å². The summed E-state index contributed by atoms with van der Waals surface area (Å²) < 4.78 is 0. The maximum Gasteiger partial charge on any atom is 0.224 e. The minimum atomic E-state index is -0.0647. The van der Waals surface area contributed by atoms with Crippen molar-refractivity contribution in [3.05, 3.63) is 59.7 Å². The van der Waals surface area contributed by atoms with Gasteiger partial charge in [-0.3, -0.25) is 14.8 Å². The highest BCUT2D eigenvalue weighted by molar-refractivity contribution is 5.78. The number of aliphatic hydroxyl groups is 1. The molecule has 2 heterocycles. The van der Waals surface area contributed by atoms with Crippen LogP contribution in [0.2, 0.25) is 0 Å². The fourth-order valence-corrected chi connectivity index (χ4v) is 2.12. The van der Waals surface area contributed by atoms with Gasteiger partial charge >= 0.3 is 0 Å². The van der Waals surface area contributed by atoms with Gasteiger partial charge < -0.3 is 10.4 Å². The predicted octanol–water partition coefficient (Wildman–Crippen LogP) is 1.29. The normalized spacial score (nSPS) is 11.9. The molecule has 1 unspecified atom stereocenters. The first kappa shape index (κ1) is 16.1. The van der Waals surface area contributed by atoms with E-state index in [0.717, 1.165) is 17.0 Å². The van der Waals surface area contributed by atoms with E-state index >= 15 is 0 Å². The molecular weight excluding hydrogens is 278 g/mol. The predicted molar refractivity (Wildman–Crippen MR) is 84.2 cm³/mol. The number of amides is 1. The lowest BCUT2D eigenvalue weighted by molar-refractivity contribution is -0.120. The minimum absolute atomic E-state index is 0.0168. The van der Waals surface area contributed by atoms with Crippen LogP contribution in [0.3, 0.4) is 0 Å². The van der Waals surface area contributed by atoms with Crippen molar-refractivity contribution in [3.63, 3.8) is 0 Å². The molecular formula is C17H21N3O2. The molecule has 2 rings (SSSR count). The maximum absolute atomic E-state index is 11.9. The topological polar surface area (TPSA) is 75.1 Å². The zero-order valence-electron chi connectivity index (χ0n) is 12.7. The molecule has 2 aromatic heterocycles. The van der Waals surface area contributed by atoms with Crippen molar-refractivity contribution in [1.29, 1.82) is 0 Å². The number of carbonyl (C=O) groups is 1. The molecule has 5 heteroatoms. The summed E-state index contributed by atoms with van der Waals surface area (Å²) >= 11 is 0. The van der Waals surface area contributed by atoms with E-state index in [1.165, 1.54) is 0 Å². The number of aryl methyl sites for hydroxylation is 1. The molecule has 2 aromatic rings. The Labute approximate surface area is 130 Å². The summed E-state index contributed by atoms with van der Waals surface area (Å²) in [4.78, 5) is 20.3. The summed E-state index contributed by atoms with van der Waals surface area (Å²) in [5, 5.41) is 12.3. The SMILES string of the molecule is Cc1ccc(CC(=O)NCC(CO)Cc2ccccn2)cn1. The lowest BCUT2D eigenvalue weighted by Gasteiger charge is -2.14. The van der Waals surface area contributed by atoms with Crippen molar-refractivity contribution in [1.82, 2.24) is 15.3 Å².